The van der Waals surface area contributed by atoms with Gasteiger partial charge in [0.05, 0.1) is 5.69 Å². The minimum atomic E-state index is 0.940. The van der Waals surface area contributed by atoms with Gasteiger partial charge >= 0.3 is 0 Å². The lowest BCUT2D eigenvalue weighted by molar-refractivity contribution is 0.682. The highest BCUT2D eigenvalue weighted by Gasteiger charge is 2.18. The van der Waals surface area contributed by atoms with E-state index in [1.54, 1.807) is 5.56 Å². The van der Waals surface area contributed by atoms with Crippen molar-refractivity contribution in [1.29, 1.82) is 0 Å². The van der Waals surface area contributed by atoms with Crippen molar-refractivity contribution in [3.05, 3.63) is 28.3 Å². The molecule has 3 nitrogen and oxygen atoms in total. The fourth-order valence-electron chi connectivity index (χ4n) is 3.09. The first-order valence-corrected chi connectivity index (χ1v) is 6.94. The van der Waals surface area contributed by atoms with Crippen molar-refractivity contribution in [2.45, 2.75) is 39.5 Å². The van der Waals surface area contributed by atoms with Crippen LogP contribution in [0.15, 0.2) is 11.1 Å². The van der Waals surface area contributed by atoms with E-state index in [2.05, 4.69) is 30.5 Å². The molecular weight excluding hydrogens is 222 g/mol. The Morgan fingerprint density at radius 2 is 1.61 bits per heavy atom. The highest BCUT2D eigenvalue weighted by molar-refractivity contribution is 5.85. The van der Waals surface area contributed by atoms with Crippen LogP contribution in [0.3, 0.4) is 0 Å². The number of nitrogens with zero attached hydrogens (tertiary/aromatic N) is 1. The Balaban J connectivity index is 2.10. The number of nitrogens with one attached hydrogen (secondary N) is 2. The largest absolute Gasteiger partial charge is 0.354 e. The Morgan fingerprint density at radius 1 is 0.944 bits per heavy atom. The second kappa shape index (κ2) is 4.63. The molecule has 0 aromatic heterocycles. The predicted molar refractivity (Wildman–Crippen MR) is 75.7 cm³/mol. The summed E-state index contributed by atoms with van der Waals surface area (Å²) in [5.74, 6) is 0.940. The summed E-state index contributed by atoms with van der Waals surface area (Å²) in [4.78, 5) is 4.81. The first-order chi connectivity index (χ1) is 8.75. The molecule has 0 radical (unpaired) electrons. The Morgan fingerprint density at radius 3 is 2.33 bits per heavy atom. The molecule has 18 heavy (non-hydrogen) atoms. The van der Waals surface area contributed by atoms with Crippen molar-refractivity contribution >= 4 is 11.6 Å². The highest BCUT2D eigenvalue weighted by atomic mass is 15.2. The summed E-state index contributed by atoms with van der Waals surface area (Å²) in [6.45, 7) is 6.37. The summed E-state index contributed by atoms with van der Waals surface area (Å²) >= 11 is 0. The molecule has 1 aliphatic carbocycles. The van der Waals surface area contributed by atoms with E-state index in [4.69, 9.17) is 4.99 Å². The molecular formula is C15H21N3. The molecule has 0 spiro atoms. The van der Waals surface area contributed by atoms with E-state index in [0.29, 0.717) is 0 Å². The van der Waals surface area contributed by atoms with Gasteiger partial charge in [0.25, 0.3) is 0 Å². The molecule has 96 valence electrons. The van der Waals surface area contributed by atoms with E-state index in [0.717, 1.165) is 19.0 Å². The van der Waals surface area contributed by atoms with Crippen molar-refractivity contribution < 1.29 is 0 Å². The van der Waals surface area contributed by atoms with Gasteiger partial charge in [-0.05, 0) is 61.8 Å². The van der Waals surface area contributed by atoms with Crippen LogP contribution in [0, 0.1) is 13.8 Å². The molecule has 1 aliphatic heterocycles. The fraction of sp³-hybridized carbons (Fsp3) is 0.533. The number of hydrogen-bond donors (Lipinski definition) is 2. The lowest BCUT2D eigenvalue weighted by Crippen LogP contribution is -2.23. The number of aryl methyl sites for hydroxylation is 2. The maximum Gasteiger partial charge on any atom is 0.196 e. The molecule has 0 atom stereocenters. The standard InChI is InChI=1S/C15H21N3/c1-10-9-11(2)14(18-15-16-7-8-17-15)13-6-4-3-5-12(10)13/h9H,3-8H2,1-2H3,(H2,16,17,18). The number of guanidine groups is 1. The number of hydrogen-bond acceptors (Lipinski definition) is 1. The molecule has 0 saturated carbocycles. The lowest BCUT2D eigenvalue weighted by atomic mass is 9.86. The average molecular weight is 243 g/mol. The third kappa shape index (κ3) is 1.98. The molecule has 1 fully saturated rings. The van der Waals surface area contributed by atoms with E-state index < -0.39 is 0 Å². The molecule has 0 amide bonds. The topological polar surface area (TPSA) is 36.4 Å². The molecule has 0 bridgehead atoms. The highest BCUT2D eigenvalue weighted by Crippen LogP contribution is 2.35. The summed E-state index contributed by atoms with van der Waals surface area (Å²) in [5.41, 5.74) is 6.98. The SMILES string of the molecule is Cc1cc(C)c(N=C2NCCN2)c2c1CCCC2. The van der Waals surface area contributed by atoms with E-state index in [9.17, 15) is 0 Å². The number of fused-ring (bicyclic) bond motifs is 1. The van der Waals surface area contributed by atoms with Crippen LogP contribution in [-0.2, 0) is 12.8 Å². The Bertz CT molecular complexity index is 495. The van der Waals surface area contributed by atoms with E-state index in [1.807, 2.05) is 0 Å². The molecule has 3 rings (SSSR count). The van der Waals surface area contributed by atoms with Gasteiger partial charge in [-0.1, -0.05) is 6.07 Å². The van der Waals surface area contributed by atoms with Crippen molar-refractivity contribution in [2.24, 2.45) is 4.99 Å². The maximum absolute atomic E-state index is 4.81. The van der Waals surface area contributed by atoms with E-state index in [1.165, 1.54) is 48.1 Å². The van der Waals surface area contributed by atoms with Gasteiger partial charge in [0.15, 0.2) is 5.96 Å². The third-order valence-corrected chi connectivity index (χ3v) is 3.97. The summed E-state index contributed by atoms with van der Waals surface area (Å²) < 4.78 is 0. The molecule has 1 saturated heterocycles. The summed E-state index contributed by atoms with van der Waals surface area (Å²) in [6.07, 6.45) is 5.03. The normalized spacial score (nSPS) is 18.0. The monoisotopic (exact) mass is 243 g/mol. The fourth-order valence-corrected chi connectivity index (χ4v) is 3.09. The number of rotatable bonds is 1. The van der Waals surface area contributed by atoms with Gasteiger partial charge in [-0.2, -0.15) is 0 Å². The number of aliphatic imine (C=N–C) groups is 1. The zero-order valence-corrected chi connectivity index (χ0v) is 11.3. The average Bonchev–Trinajstić information content (AvgIpc) is 2.87. The summed E-state index contributed by atoms with van der Waals surface area (Å²) in [5, 5.41) is 6.59. The smallest absolute Gasteiger partial charge is 0.196 e. The first-order valence-electron chi connectivity index (χ1n) is 6.94. The van der Waals surface area contributed by atoms with Crippen molar-refractivity contribution in [3.63, 3.8) is 0 Å². The molecule has 2 aliphatic rings. The minimum absolute atomic E-state index is 0.940. The van der Waals surface area contributed by atoms with Crippen LogP contribution in [0.2, 0.25) is 0 Å². The first kappa shape index (κ1) is 11.6. The van der Waals surface area contributed by atoms with Gasteiger partial charge in [-0.25, -0.2) is 4.99 Å². The van der Waals surface area contributed by atoms with Gasteiger partial charge in [0.1, 0.15) is 0 Å². The van der Waals surface area contributed by atoms with Crippen LogP contribution in [0.4, 0.5) is 5.69 Å². The second-order valence-electron chi connectivity index (χ2n) is 5.34. The van der Waals surface area contributed by atoms with E-state index >= 15 is 0 Å². The third-order valence-electron chi connectivity index (χ3n) is 3.97. The van der Waals surface area contributed by atoms with Crippen LogP contribution >= 0.6 is 0 Å². The zero-order valence-electron chi connectivity index (χ0n) is 11.3. The van der Waals surface area contributed by atoms with Crippen molar-refractivity contribution in [3.8, 4) is 0 Å². The summed E-state index contributed by atoms with van der Waals surface area (Å²) in [6, 6.07) is 2.29. The maximum atomic E-state index is 4.81. The van der Waals surface area contributed by atoms with Crippen LogP contribution in [-0.4, -0.2) is 19.0 Å². The van der Waals surface area contributed by atoms with E-state index in [-0.39, 0.29) is 0 Å². The Kier molecular flexibility index (Phi) is 2.98. The molecule has 0 unspecified atom stereocenters. The minimum Gasteiger partial charge on any atom is -0.354 e. The van der Waals surface area contributed by atoms with Gasteiger partial charge in [0.2, 0.25) is 0 Å². The number of benzene rings is 1. The molecule has 1 aromatic rings. The quantitative estimate of drug-likeness (QED) is 0.794. The van der Waals surface area contributed by atoms with Crippen LogP contribution in [0.1, 0.15) is 35.1 Å². The van der Waals surface area contributed by atoms with Gasteiger partial charge < -0.3 is 10.6 Å². The molecule has 1 aromatic carbocycles. The Hall–Kier alpha value is -1.51. The zero-order chi connectivity index (χ0) is 12.5. The van der Waals surface area contributed by atoms with Gasteiger partial charge in [0, 0.05) is 13.1 Å². The Labute approximate surface area is 109 Å². The predicted octanol–water partition coefficient (Wildman–Crippen LogP) is 2.36. The second-order valence-corrected chi connectivity index (χ2v) is 5.34. The summed E-state index contributed by atoms with van der Waals surface area (Å²) in [7, 11) is 0. The van der Waals surface area contributed by atoms with Crippen LogP contribution in [0.25, 0.3) is 0 Å². The lowest BCUT2D eigenvalue weighted by Gasteiger charge is -2.21. The molecule has 1 heterocycles. The molecule has 3 heteroatoms. The van der Waals surface area contributed by atoms with Gasteiger partial charge in [-0.3, -0.25) is 0 Å². The van der Waals surface area contributed by atoms with Crippen LogP contribution < -0.4 is 10.6 Å². The van der Waals surface area contributed by atoms with Crippen molar-refractivity contribution in [2.75, 3.05) is 13.1 Å². The van der Waals surface area contributed by atoms with Gasteiger partial charge in [-0.15, -0.1) is 0 Å². The van der Waals surface area contributed by atoms with Crippen molar-refractivity contribution in [1.82, 2.24) is 10.6 Å². The molecule has 2 N–H and O–H groups in total. The van der Waals surface area contributed by atoms with Crippen LogP contribution in [0.5, 0.6) is 0 Å².